The van der Waals surface area contributed by atoms with E-state index in [1.165, 1.54) is 18.2 Å². The third kappa shape index (κ3) is 4.55. The molecule has 1 fully saturated rings. The topological polar surface area (TPSA) is 55.4 Å². The highest BCUT2D eigenvalue weighted by molar-refractivity contribution is 5.86. The lowest BCUT2D eigenvalue weighted by atomic mass is 9.79. The van der Waals surface area contributed by atoms with Crippen molar-refractivity contribution in [2.75, 3.05) is 13.2 Å². The van der Waals surface area contributed by atoms with Crippen molar-refractivity contribution in [3.05, 3.63) is 71.3 Å². The molecule has 1 amide bonds. The van der Waals surface area contributed by atoms with Crippen LogP contribution in [-0.4, -0.2) is 25.0 Å². The first-order valence-electron chi connectivity index (χ1n) is 9.45. The molecule has 0 radical (unpaired) electrons. The van der Waals surface area contributed by atoms with Gasteiger partial charge in [-0.1, -0.05) is 43.2 Å². The van der Waals surface area contributed by atoms with Crippen LogP contribution in [0.15, 0.2) is 48.5 Å². The Bertz CT molecular complexity index is 830. The van der Waals surface area contributed by atoms with Gasteiger partial charge in [0.15, 0.2) is 6.61 Å². The summed E-state index contributed by atoms with van der Waals surface area (Å²) in [7, 11) is 0. The van der Waals surface area contributed by atoms with Crippen LogP contribution in [0.25, 0.3) is 0 Å². The zero-order valence-electron chi connectivity index (χ0n) is 15.5. The summed E-state index contributed by atoms with van der Waals surface area (Å²) in [5.74, 6) is -1.57. The summed E-state index contributed by atoms with van der Waals surface area (Å²) >= 11 is 0. The van der Waals surface area contributed by atoms with Crippen LogP contribution in [-0.2, 0) is 26.2 Å². The van der Waals surface area contributed by atoms with E-state index < -0.39 is 17.3 Å². The smallest absolute Gasteiger partial charge is 0.317 e. The molecule has 0 saturated heterocycles. The number of carbonyl (C=O) groups excluding carboxylic acids is 2. The average molecular weight is 387 g/mol. The SMILES string of the molecule is O=C(COC(=O)C1(c2ccc(F)cc2)CCCC1)NCCc1ccccc1F. The number of benzene rings is 2. The van der Waals surface area contributed by atoms with Gasteiger partial charge >= 0.3 is 5.97 Å². The van der Waals surface area contributed by atoms with E-state index in [1.807, 2.05) is 0 Å². The maximum Gasteiger partial charge on any atom is 0.317 e. The highest BCUT2D eigenvalue weighted by Crippen LogP contribution is 2.42. The van der Waals surface area contributed by atoms with Crippen molar-refractivity contribution in [3.63, 3.8) is 0 Å². The minimum atomic E-state index is -0.818. The monoisotopic (exact) mass is 387 g/mol. The summed E-state index contributed by atoms with van der Waals surface area (Å²) in [4.78, 5) is 24.7. The lowest BCUT2D eigenvalue weighted by Gasteiger charge is -2.27. The van der Waals surface area contributed by atoms with Gasteiger partial charge in [-0.05, 0) is 48.6 Å². The van der Waals surface area contributed by atoms with Crippen molar-refractivity contribution in [1.29, 1.82) is 0 Å². The number of nitrogens with one attached hydrogen (secondary N) is 1. The van der Waals surface area contributed by atoms with Crippen molar-refractivity contribution in [2.24, 2.45) is 0 Å². The van der Waals surface area contributed by atoms with Gasteiger partial charge in [-0.3, -0.25) is 9.59 Å². The number of ether oxygens (including phenoxy) is 1. The van der Waals surface area contributed by atoms with Gasteiger partial charge in [0.2, 0.25) is 0 Å². The molecular weight excluding hydrogens is 364 g/mol. The van der Waals surface area contributed by atoms with Crippen LogP contribution >= 0.6 is 0 Å². The summed E-state index contributed by atoms with van der Waals surface area (Å²) in [6.45, 7) is -0.139. The van der Waals surface area contributed by atoms with Crippen LogP contribution in [0, 0.1) is 11.6 Å². The summed E-state index contributed by atoms with van der Waals surface area (Å²) in [5.41, 5.74) is 0.415. The van der Waals surface area contributed by atoms with Crippen molar-refractivity contribution in [3.8, 4) is 0 Å². The second kappa shape index (κ2) is 8.95. The van der Waals surface area contributed by atoms with Gasteiger partial charge in [0.25, 0.3) is 5.91 Å². The molecule has 0 atom stereocenters. The van der Waals surface area contributed by atoms with E-state index in [-0.39, 0.29) is 24.8 Å². The number of hydrogen-bond donors (Lipinski definition) is 1. The van der Waals surface area contributed by atoms with Crippen molar-refractivity contribution in [1.82, 2.24) is 5.32 Å². The van der Waals surface area contributed by atoms with E-state index in [0.717, 1.165) is 18.4 Å². The molecule has 3 rings (SSSR count). The van der Waals surface area contributed by atoms with Gasteiger partial charge in [-0.25, -0.2) is 8.78 Å². The van der Waals surface area contributed by atoms with Crippen LogP contribution in [0.1, 0.15) is 36.8 Å². The minimum absolute atomic E-state index is 0.250. The number of halogens is 2. The first-order valence-corrected chi connectivity index (χ1v) is 9.45. The Morgan fingerprint density at radius 2 is 1.68 bits per heavy atom. The van der Waals surface area contributed by atoms with Crippen molar-refractivity contribution < 1.29 is 23.1 Å². The minimum Gasteiger partial charge on any atom is -0.455 e. The Hall–Kier alpha value is -2.76. The molecule has 0 aliphatic heterocycles. The maximum atomic E-state index is 13.6. The maximum absolute atomic E-state index is 13.6. The molecule has 0 bridgehead atoms. The molecule has 0 unspecified atom stereocenters. The van der Waals surface area contributed by atoms with Gasteiger partial charge in [0.05, 0.1) is 5.41 Å². The molecule has 6 heteroatoms. The molecule has 1 N–H and O–H groups in total. The molecule has 1 aliphatic carbocycles. The van der Waals surface area contributed by atoms with Crippen molar-refractivity contribution >= 4 is 11.9 Å². The average Bonchev–Trinajstić information content (AvgIpc) is 3.19. The highest BCUT2D eigenvalue weighted by atomic mass is 19.1. The number of amides is 1. The summed E-state index contributed by atoms with van der Waals surface area (Å²) in [6.07, 6.45) is 3.34. The quantitative estimate of drug-likeness (QED) is 0.738. The molecule has 4 nitrogen and oxygen atoms in total. The van der Waals surface area contributed by atoms with Crippen LogP contribution in [0.3, 0.4) is 0 Å². The van der Waals surface area contributed by atoms with E-state index in [4.69, 9.17) is 4.74 Å². The molecule has 148 valence electrons. The summed E-state index contributed by atoms with van der Waals surface area (Å²) in [5, 5.41) is 2.63. The van der Waals surface area contributed by atoms with E-state index >= 15 is 0 Å². The van der Waals surface area contributed by atoms with E-state index in [2.05, 4.69) is 5.32 Å². The van der Waals surface area contributed by atoms with Gasteiger partial charge in [0, 0.05) is 6.54 Å². The molecule has 0 aromatic heterocycles. The normalized spacial score (nSPS) is 15.2. The van der Waals surface area contributed by atoms with Crippen LogP contribution in [0.4, 0.5) is 8.78 Å². The zero-order valence-corrected chi connectivity index (χ0v) is 15.5. The van der Waals surface area contributed by atoms with Crippen LogP contribution in [0.5, 0.6) is 0 Å². The molecule has 0 heterocycles. The fourth-order valence-electron chi connectivity index (χ4n) is 3.72. The Balaban J connectivity index is 1.52. The number of rotatable bonds is 7. The molecular formula is C22H23F2NO3. The fourth-order valence-corrected chi connectivity index (χ4v) is 3.72. The molecule has 28 heavy (non-hydrogen) atoms. The fraction of sp³-hybridized carbons (Fsp3) is 0.364. The lowest BCUT2D eigenvalue weighted by molar-refractivity contribution is -0.154. The molecule has 0 spiro atoms. The van der Waals surface area contributed by atoms with E-state index in [0.29, 0.717) is 24.8 Å². The second-order valence-corrected chi connectivity index (χ2v) is 7.06. The van der Waals surface area contributed by atoms with Gasteiger partial charge in [0.1, 0.15) is 11.6 Å². The van der Waals surface area contributed by atoms with Gasteiger partial charge in [-0.15, -0.1) is 0 Å². The highest BCUT2D eigenvalue weighted by Gasteiger charge is 2.44. The second-order valence-electron chi connectivity index (χ2n) is 7.06. The van der Waals surface area contributed by atoms with Crippen LogP contribution < -0.4 is 5.32 Å². The predicted molar refractivity (Wildman–Crippen MR) is 101 cm³/mol. The Kier molecular flexibility index (Phi) is 6.39. The molecule has 2 aromatic rings. The Labute approximate surface area is 162 Å². The lowest BCUT2D eigenvalue weighted by Crippen LogP contribution is -2.38. The molecule has 1 saturated carbocycles. The summed E-state index contributed by atoms with van der Waals surface area (Å²) in [6, 6.07) is 12.3. The van der Waals surface area contributed by atoms with E-state index in [9.17, 15) is 18.4 Å². The Morgan fingerprint density at radius 3 is 2.36 bits per heavy atom. The third-order valence-electron chi connectivity index (χ3n) is 5.25. The first-order chi connectivity index (χ1) is 13.5. The standard InChI is InChI=1S/C22H23F2NO3/c23-18-9-7-17(8-10-18)22(12-3-4-13-22)21(27)28-15-20(26)25-14-11-16-5-1-2-6-19(16)24/h1-2,5-10H,3-4,11-15H2,(H,25,26). The van der Waals surface area contributed by atoms with E-state index in [1.54, 1.807) is 30.3 Å². The molecule has 2 aromatic carbocycles. The largest absolute Gasteiger partial charge is 0.455 e. The van der Waals surface area contributed by atoms with Crippen LogP contribution in [0.2, 0.25) is 0 Å². The van der Waals surface area contributed by atoms with Crippen molar-refractivity contribution in [2.45, 2.75) is 37.5 Å². The third-order valence-corrected chi connectivity index (χ3v) is 5.25. The zero-order chi connectivity index (χ0) is 20.0. The van der Waals surface area contributed by atoms with Gasteiger partial charge < -0.3 is 10.1 Å². The Morgan fingerprint density at radius 1 is 1.00 bits per heavy atom. The predicted octanol–water partition coefficient (Wildman–Crippen LogP) is 3.68. The number of esters is 1. The first kappa shape index (κ1) is 20.0. The number of hydrogen-bond acceptors (Lipinski definition) is 3. The van der Waals surface area contributed by atoms with Gasteiger partial charge in [-0.2, -0.15) is 0 Å². The summed E-state index contributed by atoms with van der Waals surface area (Å²) < 4.78 is 32.1. The number of carbonyl (C=O) groups is 2. The molecule has 1 aliphatic rings.